The molecule has 0 aromatic carbocycles. The summed E-state index contributed by atoms with van der Waals surface area (Å²) in [5, 5.41) is 3.62. The van der Waals surface area contributed by atoms with Crippen LogP contribution in [-0.2, 0) is 4.74 Å². The second-order valence-electron chi connectivity index (χ2n) is 4.00. The number of hydrogen-bond donors (Lipinski definition) is 1. The molecule has 0 radical (unpaired) electrons. The summed E-state index contributed by atoms with van der Waals surface area (Å²) in [6.07, 6.45) is 3.96. The molecule has 0 amide bonds. The van der Waals surface area contributed by atoms with Gasteiger partial charge in [0.25, 0.3) is 0 Å². The van der Waals surface area contributed by atoms with E-state index in [0.717, 1.165) is 25.2 Å². The molecule has 0 spiro atoms. The van der Waals surface area contributed by atoms with E-state index in [0.29, 0.717) is 6.04 Å². The van der Waals surface area contributed by atoms with E-state index in [4.69, 9.17) is 4.74 Å². The lowest BCUT2D eigenvalue weighted by Crippen LogP contribution is -2.45. The lowest BCUT2D eigenvalue weighted by molar-refractivity contribution is 0.173. The van der Waals surface area contributed by atoms with E-state index in [1.807, 2.05) is 0 Å². The topological polar surface area (TPSA) is 21.3 Å². The molecule has 0 bridgehead atoms. The van der Waals surface area contributed by atoms with E-state index >= 15 is 0 Å². The Kier molecular flexibility index (Phi) is 2.14. The van der Waals surface area contributed by atoms with Crippen LogP contribution in [0.25, 0.3) is 0 Å². The van der Waals surface area contributed by atoms with Crippen LogP contribution < -0.4 is 5.32 Å². The van der Waals surface area contributed by atoms with Gasteiger partial charge in [0.1, 0.15) is 0 Å². The van der Waals surface area contributed by atoms with Crippen molar-refractivity contribution < 1.29 is 4.74 Å². The van der Waals surface area contributed by atoms with Crippen molar-refractivity contribution in [3.8, 4) is 0 Å². The quantitative estimate of drug-likeness (QED) is 0.646. The number of nitrogens with one attached hydrogen (secondary N) is 1. The smallest absolute Gasteiger partial charge is 0.0620 e. The monoisotopic (exact) mass is 155 g/mol. The summed E-state index contributed by atoms with van der Waals surface area (Å²) in [4.78, 5) is 0. The van der Waals surface area contributed by atoms with Gasteiger partial charge in [0.15, 0.2) is 0 Å². The van der Waals surface area contributed by atoms with Gasteiger partial charge in [-0.1, -0.05) is 6.92 Å². The zero-order valence-electron chi connectivity index (χ0n) is 7.18. The average molecular weight is 155 g/mol. The average Bonchev–Trinajstić information content (AvgIpc) is 2.36. The zero-order chi connectivity index (χ0) is 7.68. The summed E-state index contributed by atoms with van der Waals surface area (Å²) in [6.45, 7) is 4.22. The van der Waals surface area contributed by atoms with E-state index in [9.17, 15) is 0 Å². The first kappa shape index (κ1) is 7.56. The van der Waals surface area contributed by atoms with Crippen molar-refractivity contribution in [3.05, 3.63) is 0 Å². The summed E-state index contributed by atoms with van der Waals surface area (Å²) in [5.41, 5.74) is 0. The van der Waals surface area contributed by atoms with Gasteiger partial charge in [-0.05, 0) is 25.2 Å². The summed E-state index contributed by atoms with van der Waals surface area (Å²) in [7, 11) is 0. The summed E-state index contributed by atoms with van der Waals surface area (Å²) in [5.74, 6) is 0.954. The van der Waals surface area contributed by atoms with Gasteiger partial charge in [-0.2, -0.15) is 0 Å². The Morgan fingerprint density at radius 2 is 2.09 bits per heavy atom. The first-order valence-electron chi connectivity index (χ1n) is 4.68. The molecule has 64 valence electrons. The molecular weight excluding hydrogens is 138 g/mol. The molecule has 1 heterocycles. The summed E-state index contributed by atoms with van der Waals surface area (Å²) in [6, 6.07) is 1.46. The summed E-state index contributed by atoms with van der Waals surface area (Å²) < 4.78 is 5.29. The predicted octanol–water partition coefficient (Wildman–Crippen LogP) is 1.16. The van der Waals surface area contributed by atoms with E-state index < -0.39 is 0 Å². The predicted molar refractivity (Wildman–Crippen MR) is 44.5 cm³/mol. The van der Waals surface area contributed by atoms with Crippen molar-refractivity contribution >= 4 is 0 Å². The number of ether oxygens (including phenoxy) is 1. The molecule has 0 aromatic heterocycles. The van der Waals surface area contributed by atoms with E-state index in [1.165, 1.54) is 19.3 Å². The highest BCUT2D eigenvalue weighted by Crippen LogP contribution is 2.27. The standard InChI is InChI=1S/C9H17NO/c1-7-4-9(5-7)10-8-2-3-11-6-8/h7-10H,2-6H2,1H3. The minimum Gasteiger partial charge on any atom is -0.380 e. The van der Waals surface area contributed by atoms with Gasteiger partial charge in [-0.25, -0.2) is 0 Å². The minimum atomic E-state index is 0.660. The van der Waals surface area contributed by atoms with Crippen molar-refractivity contribution in [2.24, 2.45) is 5.92 Å². The van der Waals surface area contributed by atoms with Gasteiger partial charge in [-0.3, -0.25) is 0 Å². The highest BCUT2D eigenvalue weighted by Gasteiger charge is 2.28. The fourth-order valence-electron chi connectivity index (χ4n) is 2.04. The molecule has 11 heavy (non-hydrogen) atoms. The third-order valence-electron chi connectivity index (χ3n) is 2.77. The highest BCUT2D eigenvalue weighted by molar-refractivity contribution is 4.86. The number of rotatable bonds is 2. The first-order valence-corrected chi connectivity index (χ1v) is 4.68. The Bertz CT molecular complexity index is 126. The largest absolute Gasteiger partial charge is 0.380 e. The molecule has 0 aromatic rings. The van der Waals surface area contributed by atoms with Crippen LogP contribution in [0.5, 0.6) is 0 Å². The lowest BCUT2D eigenvalue weighted by Gasteiger charge is -2.35. The van der Waals surface area contributed by atoms with Crippen LogP contribution >= 0.6 is 0 Å². The van der Waals surface area contributed by atoms with E-state index in [2.05, 4.69) is 12.2 Å². The summed E-state index contributed by atoms with van der Waals surface area (Å²) >= 11 is 0. The first-order chi connectivity index (χ1) is 5.34. The molecule has 2 aliphatic rings. The minimum absolute atomic E-state index is 0.660. The molecule has 1 aliphatic carbocycles. The van der Waals surface area contributed by atoms with Gasteiger partial charge in [0, 0.05) is 18.7 Å². The molecule has 1 N–H and O–H groups in total. The Morgan fingerprint density at radius 1 is 1.27 bits per heavy atom. The number of hydrogen-bond acceptors (Lipinski definition) is 2. The Balaban J connectivity index is 1.66. The van der Waals surface area contributed by atoms with Crippen molar-refractivity contribution in [3.63, 3.8) is 0 Å². The molecule has 2 rings (SSSR count). The Labute approximate surface area is 68.3 Å². The van der Waals surface area contributed by atoms with Gasteiger partial charge in [-0.15, -0.1) is 0 Å². The van der Waals surface area contributed by atoms with Gasteiger partial charge in [0.2, 0.25) is 0 Å². The fraction of sp³-hybridized carbons (Fsp3) is 1.00. The highest BCUT2D eigenvalue weighted by atomic mass is 16.5. The normalized spacial score (nSPS) is 43.9. The van der Waals surface area contributed by atoms with Crippen LogP contribution in [0, 0.1) is 5.92 Å². The molecule has 1 aliphatic heterocycles. The third kappa shape index (κ3) is 1.74. The lowest BCUT2D eigenvalue weighted by atomic mass is 9.81. The maximum Gasteiger partial charge on any atom is 0.0620 e. The van der Waals surface area contributed by atoms with Crippen molar-refractivity contribution in [2.75, 3.05) is 13.2 Å². The fourth-order valence-corrected chi connectivity index (χ4v) is 2.04. The zero-order valence-corrected chi connectivity index (χ0v) is 7.18. The molecule has 1 saturated carbocycles. The molecule has 1 unspecified atom stereocenters. The van der Waals surface area contributed by atoms with Crippen LogP contribution in [0.2, 0.25) is 0 Å². The van der Waals surface area contributed by atoms with Crippen molar-refractivity contribution in [2.45, 2.75) is 38.3 Å². The van der Waals surface area contributed by atoms with Gasteiger partial charge >= 0.3 is 0 Å². The second kappa shape index (κ2) is 3.11. The maximum atomic E-state index is 5.29. The van der Waals surface area contributed by atoms with E-state index in [-0.39, 0.29) is 0 Å². The SMILES string of the molecule is CC1CC(NC2CCOC2)C1. The van der Waals surface area contributed by atoms with Crippen LogP contribution in [-0.4, -0.2) is 25.3 Å². The molecule has 2 fully saturated rings. The molecule has 1 atom stereocenters. The molecular formula is C9H17NO. The van der Waals surface area contributed by atoms with Crippen LogP contribution in [0.3, 0.4) is 0 Å². The van der Waals surface area contributed by atoms with Crippen LogP contribution in [0.15, 0.2) is 0 Å². The molecule has 2 nitrogen and oxygen atoms in total. The Morgan fingerprint density at radius 3 is 2.64 bits per heavy atom. The van der Waals surface area contributed by atoms with Gasteiger partial charge < -0.3 is 10.1 Å². The maximum absolute atomic E-state index is 5.29. The van der Waals surface area contributed by atoms with Crippen molar-refractivity contribution in [1.82, 2.24) is 5.32 Å². The van der Waals surface area contributed by atoms with Crippen molar-refractivity contribution in [1.29, 1.82) is 0 Å². The van der Waals surface area contributed by atoms with Crippen LogP contribution in [0.4, 0.5) is 0 Å². The molecule has 2 heteroatoms. The van der Waals surface area contributed by atoms with E-state index in [1.54, 1.807) is 0 Å². The Hall–Kier alpha value is -0.0800. The second-order valence-corrected chi connectivity index (χ2v) is 4.00. The third-order valence-corrected chi connectivity index (χ3v) is 2.77. The van der Waals surface area contributed by atoms with Gasteiger partial charge in [0.05, 0.1) is 6.61 Å². The van der Waals surface area contributed by atoms with Crippen LogP contribution in [0.1, 0.15) is 26.2 Å². The molecule has 1 saturated heterocycles.